The molecular formula is C24H21N3O5S. The van der Waals surface area contributed by atoms with Crippen LogP contribution >= 0.6 is 0 Å². The Morgan fingerprint density at radius 1 is 0.939 bits per heavy atom. The Kier molecular flexibility index (Phi) is 7.37. The van der Waals surface area contributed by atoms with E-state index in [0.29, 0.717) is 11.3 Å². The summed E-state index contributed by atoms with van der Waals surface area (Å²) >= 11 is 0. The number of carboxylic acid groups (broad SMARTS) is 1. The number of nitrogens with one attached hydrogen (secondary N) is 1. The highest BCUT2D eigenvalue weighted by molar-refractivity contribution is 7.92. The Labute approximate surface area is 191 Å². The van der Waals surface area contributed by atoms with Gasteiger partial charge >= 0.3 is 5.97 Å². The van der Waals surface area contributed by atoms with Crippen LogP contribution in [0.25, 0.3) is 0 Å². The molecule has 168 valence electrons. The van der Waals surface area contributed by atoms with Crippen LogP contribution in [0.1, 0.15) is 26.3 Å². The normalized spacial score (nSPS) is 11.2. The van der Waals surface area contributed by atoms with Crippen LogP contribution in [0.5, 0.6) is 0 Å². The third-order valence-electron chi connectivity index (χ3n) is 4.58. The van der Waals surface area contributed by atoms with Crippen molar-refractivity contribution in [3.8, 4) is 0 Å². The van der Waals surface area contributed by atoms with Gasteiger partial charge in [0.1, 0.15) is 0 Å². The smallest absolute Gasteiger partial charge is 0.335 e. The van der Waals surface area contributed by atoms with Gasteiger partial charge < -0.3 is 5.11 Å². The lowest BCUT2D eigenvalue weighted by Gasteiger charge is -2.23. The van der Waals surface area contributed by atoms with Crippen LogP contribution in [-0.4, -0.2) is 38.2 Å². The molecule has 3 rings (SSSR count). The number of carbonyl (C=O) groups is 2. The summed E-state index contributed by atoms with van der Waals surface area (Å²) in [5.74, 6) is -1.51. The van der Waals surface area contributed by atoms with E-state index in [1.165, 1.54) is 65.1 Å². The molecule has 2 N–H and O–H groups in total. The van der Waals surface area contributed by atoms with Crippen LogP contribution in [0.4, 0.5) is 5.69 Å². The molecule has 33 heavy (non-hydrogen) atoms. The SMILES string of the molecule is C=CCN(c1ccc(C(=O)N/N=C\c2ccc(C(=O)O)cc2)cc1)S(=O)(=O)c1ccccc1. The Hall–Kier alpha value is -4.24. The number of nitrogens with zero attached hydrogens (tertiary/aromatic N) is 2. The van der Waals surface area contributed by atoms with Crippen molar-refractivity contribution in [3.05, 3.63) is 108 Å². The summed E-state index contributed by atoms with van der Waals surface area (Å²) in [6.45, 7) is 3.70. The van der Waals surface area contributed by atoms with Crippen molar-refractivity contribution in [2.24, 2.45) is 5.10 Å². The highest BCUT2D eigenvalue weighted by Crippen LogP contribution is 2.24. The number of hydrogen-bond acceptors (Lipinski definition) is 5. The second-order valence-electron chi connectivity index (χ2n) is 6.81. The minimum absolute atomic E-state index is 0.0632. The lowest BCUT2D eigenvalue weighted by molar-refractivity contribution is 0.0696. The second-order valence-corrected chi connectivity index (χ2v) is 8.67. The van der Waals surface area contributed by atoms with E-state index in [4.69, 9.17) is 5.11 Å². The fraction of sp³-hybridized carbons (Fsp3) is 0.0417. The van der Waals surface area contributed by atoms with Crippen molar-refractivity contribution in [3.63, 3.8) is 0 Å². The van der Waals surface area contributed by atoms with Crippen molar-refractivity contribution in [1.29, 1.82) is 0 Å². The van der Waals surface area contributed by atoms with E-state index in [2.05, 4.69) is 17.1 Å². The molecule has 0 atom stereocenters. The third kappa shape index (κ3) is 5.72. The molecule has 1 amide bonds. The molecule has 0 saturated heterocycles. The molecule has 0 spiro atoms. The standard InChI is InChI=1S/C24H21N3O5S/c1-2-16-27(33(31,32)22-6-4-3-5-7-22)21-14-12-19(13-15-21)23(28)26-25-17-18-8-10-20(11-9-18)24(29)30/h2-15,17H,1,16H2,(H,26,28)(H,29,30)/b25-17-. The first-order valence-corrected chi connectivity index (χ1v) is 11.2. The van der Waals surface area contributed by atoms with E-state index >= 15 is 0 Å². The largest absolute Gasteiger partial charge is 0.478 e. The van der Waals surface area contributed by atoms with Gasteiger partial charge in [-0.3, -0.25) is 9.10 Å². The first-order chi connectivity index (χ1) is 15.8. The van der Waals surface area contributed by atoms with Crippen LogP contribution in [0.2, 0.25) is 0 Å². The fourth-order valence-electron chi connectivity index (χ4n) is 2.90. The Morgan fingerprint density at radius 3 is 2.12 bits per heavy atom. The van der Waals surface area contributed by atoms with Gasteiger partial charge in [0.15, 0.2) is 0 Å². The predicted molar refractivity (Wildman–Crippen MR) is 126 cm³/mol. The van der Waals surface area contributed by atoms with Crippen molar-refractivity contribution in [1.82, 2.24) is 5.43 Å². The van der Waals surface area contributed by atoms with Crippen molar-refractivity contribution < 1.29 is 23.1 Å². The summed E-state index contributed by atoms with van der Waals surface area (Å²) in [6.07, 6.45) is 2.87. The van der Waals surface area contributed by atoms with Gasteiger partial charge in [-0.2, -0.15) is 5.10 Å². The minimum Gasteiger partial charge on any atom is -0.478 e. The number of rotatable bonds is 9. The van der Waals surface area contributed by atoms with E-state index in [9.17, 15) is 18.0 Å². The maximum absolute atomic E-state index is 13.0. The molecular weight excluding hydrogens is 442 g/mol. The van der Waals surface area contributed by atoms with Crippen LogP contribution in [0, 0.1) is 0 Å². The van der Waals surface area contributed by atoms with E-state index in [-0.39, 0.29) is 22.6 Å². The van der Waals surface area contributed by atoms with Gasteiger partial charge in [0.25, 0.3) is 15.9 Å². The molecule has 9 heteroatoms. The lowest BCUT2D eigenvalue weighted by Crippen LogP contribution is -2.31. The molecule has 8 nitrogen and oxygen atoms in total. The van der Waals surface area contributed by atoms with Gasteiger partial charge in [0.2, 0.25) is 0 Å². The van der Waals surface area contributed by atoms with E-state index < -0.39 is 21.9 Å². The number of benzene rings is 3. The average Bonchev–Trinajstić information content (AvgIpc) is 2.83. The fourth-order valence-corrected chi connectivity index (χ4v) is 4.36. The first-order valence-electron chi connectivity index (χ1n) is 9.78. The van der Waals surface area contributed by atoms with E-state index in [0.717, 1.165) is 0 Å². The van der Waals surface area contributed by atoms with Gasteiger partial charge in [0.05, 0.1) is 28.9 Å². The molecule has 3 aromatic rings. The molecule has 0 fully saturated rings. The molecule has 0 unspecified atom stereocenters. The van der Waals surface area contributed by atoms with Crippen LogP contribution in [-0.2, 0) is 10.0 Å². The Balaban J connectivity index is 1.71. The summed E-state index contributed by atoms with van der Waals surface area (Å²) < 4.78 is 27.3. The predicted octanol–water partition coefficient (Wildman–Crippen LogP) is 3.53. The summed E-state index contributed by atoms with van der Waals surface area (Å²) in [6, 6.07) is 20.1. The van der Waals surface area contributed by atoms with Gasteiger partial charge in [-0.1, -0.05) is 36.4 Å². The molecule has 0 aliphatic carbocycles. The molecule has 0 heterocycles. The number of hydrazone groups is 1. The van der Waals surface area contributed by atoms with Gasteiger partial charge in [-0.15, -0.1) is 6.58 Å². The van der Waals surface area contributed by atoms with Gasteiger partial charge in [-0.05, 0) is 54.1 Å². The maximum Gasteiger partial charge on any atom is 0.335 e. The Morgan fingerprint density at radius 2 is 1.55 bits per heavy atom. The summed E-state index contributed by atoms with van der Waals surface area (Å²) in [4.78, 5) is 23.4. The zero-order valence-electron chi connectivity index (χ0n) is 17.5. The lowest BCUT2D eigenvalue weighted by atomic mass is 10.1. The summed E-state index contributed by atoms with van der Waals surface area (Å²) in [7, 11) is -3.80. The number of anilines is 1. The Bertz CT molecular complexity index is 1270. The molecule has 0 bridgehead atoms. The number of amides is 1. The number of hydrogen-bond donors (Lipinski definition) is 2. The zero-order valence-corrected chi connectivity index (χ0v) is 18.3. The second kappa shape index (κ2) is 10.4. The minimum atomic E-state index is -3.80. The maximum atomic E-state index is 13.0. The number of carboxylic acids is 1. The number of sulfonamides is 1. The quantitative estimate of drug-likeness (QED) is 0.286. The molecule has 0 aromatic heterocycles. The summed E-state index contributed by atoms with van der Waals surface area (Å²) in [5, 5.41) is 12.8. The van der Waals surface area contributed by atoms with Crippen molar-refractivity contribution in [2.45, 2.75) is 4.90 Å². The van der Waals surface area contributed by atoms with Gasteiger partial charge in [-0.25, -0.2) is 18.6 Å². The zero-order chi connectivity index (χ0) is 23.8. The monoisotopic (exact) mass is 463 g/mol. The number of aromatic carboxylic acids is 1. The van der Waals surface area contributed by atoms with Crippen molar-refractivity contribution in [2.75, 3.05) is 10.8 Å². The summed E-state index contributed by atoms with van der Waals surface area (Å²) in [5.41, 5.74) is 3.81. The highest BCUT2D eigenvalue weighted by Gasteiger charge is 2.23. The van der Waals surface area contributed by atoms with Crippen LogP contribution in [0.15, 0.2) is 102 Å². The molecule has 0 radical (unpaired) electrons. The molecule has 0 aliphatic heterocycles. The van der Waals surface area contributed by atoms with Gasteiger partial charge in [0, 0.05) is 5.56 Å². The topological polar surface area (TPSA) is 116 Å². The van der Waals surface area contributed by atoms with Crippen LogP contribution in [0.3, 0.4) is 0 Å². The third-order valence-corrected chi connectivity index (χ3v) is 6.39. The molecule has 3 aromatic carbocycles. The van der Waals surface area contributed by atoms with E-state index in [1.807, 2.05) is 0 Å². The van der Waals surface area contributed by atoms with E-state index in [1.54, 1.807) is 30.3 Å². The molecule has 0 saturated carbocycles. The average molecular weight is 464 g/mol. The van der Waals surface area contributed by atoms with Crippen molar-refractivity contribution >= 4 is 33.8 Å². The molecule has 0 aliphatic rings. The highest BCUT2D eigenvalue weighted by atomic mass is 32.2. The van der Waals surface area contributed by atoms with Crippen LogP contribution < -0.4 is 9.73 Å². The number of carbonyl (C=O) groups excluding carboxylic acids is 1. The first kappa shape index (κ1) is 23.4.